The molecule has 1 aromatic carbocycles. The summed E-state index contributed by atoms with van der Waals surface area (Å²) in [6.45, 7) is 0. The summed E-state index contributed by atoms with van der Waals surface area (Å²) in [5.74, 6) is -0.942. The third-order valence-corrected chi connectivity index (χ3v) is 3.12. The van der Waals surface area contributed by atoms with Crippen LogP contribution in [0.2, 0.25) is 0 Å². The lowest BCUT2D eigenvalue weighted by atomic mass is 10.2. The van der Waals surface area contributed by atoms with Crippen molar-refractivity contribution in [2.24, 2.45) is 0 Å². The fourth-order valence-corrected chi connectivity index (χ4v) is 2.26. The summed E-state index contributed by atoms with van der Waals surface area (Å²) in [6.07, 6.45) is 5.17. The molecule has 0 aliphatic rings. The van der Waals surface area contributed by atoms with Crippen LogP contribution < -0.4 is 0 Å². The summed E-state index contributed by atoms with van der Waals surface area (Å²) in [4.78, 5) is 15.5. The quantitative estimate of drug-likeness (QED) is 0.843. The monoisotopic (exact) mass is 245 g/mol. The molecule has 0 saturated heterocycles. The van der Waals surface area contributed by atoms with Crippen LogP contribution in [0.3, 0.4) is 0 Å². The molecule has 2 rings (SSSR count). The van der Waals surface area contributed by atoms with Crippen LogP contribution in [0.1, 0.15) is 15.4 Å². The third-order valence-electron chi connectivity index (χ3n) is 2.16. The molecule has 0 amide bonds. The highest BCUT2D eigenvalue weighted by Crippen LogP contribution is 2.17. The largest absolute Gasteiger partial charge is 0.478 e. The third kappa shape index (κ3) is 3.53. The van der Waals surface area contributed by atoms with E-state index in [2.05, 4.69) is 4.98 Å². The number of aliphatic carboxylic acids is 1. The second-order valence-electron chi connectivity index (χ2n) is 3.49. The van der Waals surface area contributed by atoms with Crippen LogP contribution in [0.4, 0.5) is 0 Å². The molecule has 0 fully saturated rings. The molecule has 1 heterocycles. The van der Waals surface area contributed by atoms with E-state index < -0.39 is 5.97 Å². The topological polar surface area (TPSA) is 50.2 Å². The average molecular weight is 245 g/mol. The Balaban J connectivity index is 2.06. The van der Waals surface area contributed by atoms with E-state index in [1.54, 1.807) is 12.3 Å². The molecule has 0 radical (unpaired) electrons. The summed E-state index contributed by atoms with van der Waals surface area (Å²) in [6, 6.07) is 10.1. The fraction of sp³-hybridized carbons (Fsp3) is 0.0769. The lowest BCUT2D eigenvalue weighted by Crippen LogP contribution is -1.84. The van der Waals surface area contributed by atoms with Gasteiger partial charge in [-0.3, -0.25) is 0 Å². The summed E-state index contributed by atoms with van der Waals surface area (Å²) in [7, 11) is 0. The lowest BCUT2D eigenvalue weighted by molar-refractivity contribution is -0.131. The van der Waals surface area contributed by atoms with Gasteiger partial charge in [0.1, 0.15) is 0 Å². The van der Waals surface area contributed by atoms with Gasteiger partial charge >= 0.3 is 5.97 Å². The first kappa shape index (κ1) is 11.5. The zero-order valence-electron chi connectivity index (χ0n) is 9.04. The van der Waals surface area contributed by atoms with Crippen LogP contribution in [0, 0.1) is 0 Å². The highest BCUT2D eigenvalue weighted by Gasteiger charge is 2.01. The molecule has 1 aromatic heterocycles. The van der Waals surface area contributed by atoms with Crippen molar-refractivity contribution in [3.63, 3.8) is 0 Å². The average Bonchev–Trinajstić information content (AvgIpc) is 2.75. The van der Waals surface area contributed by atoms with Gasteiger partial charge in [-0.25, -0.2) is 9.78 Å². The molecule has 3 nitrogen and oxygen atoms in total. The number of carboxylic acid groups (broad SMARTS) is 1. The van der Waals surface area contributed by atoms with Gasteiger partial charge in [-0.15, -0.1) is 11.3 Å². The van der Waals surface area contributed by atoms with E-state index in [0.717, 1.165) is 22.4 Å². The van der Waals surface area contributed by atoms with Crippen LogP contribution in [0.15, 0.2) is 42.6 Å². The Morgan fingerprint density at radius 3 is 2.82 bits per heavy atom. The minimum absolute atomic E-state index is 0.784. The van der Waals surface area contributed by atoms with Gasteiger partial charge in [0.05, 0.1) is 5.01 Å². The van der Waals surface area contributed by atoms with Gasteiger partial charge in [0, 0.05) is 23.6 Å². The molecule has 0 spiro atoms. The number of thiazole rings is 1. The Morgan fingerprint density at radius 2 is 2.12 bits per heavy atom. The van der Waals surface area contributed by atoms with Crippen LogP contribution in [0.25, 0.3) is 6.08 Å². The summed E-state index contributed by atoms with van der Waals surface area (Å²) in [5.41, 5.74) is 1.20. The van der Waals surface area contributed by atoms with E-state index >= 15 is 0 Å². The fourth-order valence-electron chi connectivity index (χ4n) is 1.41. The molecule has 2 aromatic rings. The van der Waals surface area contributed by atoms with Gasteiger partial charge in [-0.2, -0.15) is 0 Å². The molecular weight excluding hydrogens is 234 g/mol. The van der Waals surface area contributed by atoms with E-state index in [0.29, 0.717) is 0 Å². The number of rotatable bonds is 4. The van der Waals surface area contributed by atoms with Crippen LogP contribution >= 0.6 is 11.3 Å². The van der Waals surface area contributed by atoms with Crippen molar-refractivity contribution in [3.8, 4) is 0 Å². The Hall–Kier alpha value is -1.94. The second kappa shape index (κ2) is 5.41. The first-order valence-corrected chi connectivity index (χ1v) is 5.95. The van der Waals surface area contributed by atoms with Gasteiger partial charge in [0.2, 0.25) is 0 Å². The number of hydrogen-bond acceptors (Lipinski definition) is 3. The molecule has 0 unspecified atom stereocenters. The summed E-state index contributed by atoms with van der Waals surface area (Å²) in [5, 5.41) is 9.50. The number of nitrogens with zero attached hydrogens (tertiary/aromatic N) is 1. The van der Waals surface area contributed by atoms with Gasteiger partial charge in [0.15, 0.2) is 0 Å². The van der Waals surface area contributed by atoms with E-state index in [-0.39, 0.29) is 0 Å². The zero-order chi connectivity index (χ0) is 12.1. The number of aromatic nitrogens is 1. The van der Waals surface area contributed by atoms with Crippen molar-refractivity contribution in [2.45, 2.75) is 6.42 Å². The van der Waals surface area contributed by atoms with Crippen molar-refractivity contribution in [2.75, 3.05) is 0 Å². The number of carboxylic acids is 1. The van der Waals surface area contributed by atoms with Gasteiger partial charge in [-0.1, -0.05) is 30.3 Å². The molecule has 17 heavy (non-hydrogen) atoms. The number of hydrogen-bond donors (Lipinski definition) is 1. The molecule has 0 saturated carbocycles. The Bertz CT molecular complexity index is 531. The minimum Gasteiger partial charge on any atom is -0.478 e. The first-order chi connectivity index (χ1) is 8.24. The van der Waals surface area contributed by atoms with Crippen LogP contribution in [0.5, 0.6) is 0 Å². The standard InChI is InChI=1S/C13H11NO2S/c15-13(16)7-6-11-9-14-12(17-11)8-10-4-2-1-3-5-10/h1-7,9H,8H2,(H,15,16)/b7-6+. The predicted molar refractivity (Wildman–Crippen MR) is 68.0 cm³/mol. The molecule has 86 valence electrons. The minimum atomic E-state index is -0.942. The zero-order valence-corrected chi connectivity index (χ0v) is 9.85. The van der Waals surface area contributed by atoms with E-state index in [4.69, 9.17) is 5.11 Å². The van der Waals surface area contributed by atoms with Crippen molar-refractivity contribution in [1.29, 1.82) is 0 Å². The summed E-state index contributed by atoms with van der Waals surface area (Å²) >= 11 is 1.51. The molecular formula is C13H11NO2S. The first-order valence-electron chi connectivity index (χ1n) is 5.13. The van der Waals surface area contributed by atoms with Gasteiger partial charge in [-0.05, 0) is 11.6 Å². The van der Waals surface area contributed by atoms with E-state index in [1.165, 1.54) is 16.9 Å². The van der Waals surface area contributed by atoms with Crippen molar-refractivity contribution < 1.29 is 9.90 Å². The van der Waals surface area contributed by atoms with Crippen LogP contribution in [-0.4, -0.2) is 16.1 Å². The molecule has 0 bridgehead atoms. The van der Waals surface area contributed by atoms with E-state index in [9.17, 15) is 4.79 Å². The number of carbonyl (C=O) groups is 1. The smallest absolute Gasteiger partial charge is 0.328 e. The Kier molecular flexibility index (Phi) is 3.67. The molecule has 0 aliphatic carbocycles. The van der Waals surface area contributed by atoms with Crippen LogP contribution in [-0.2, 0) is 11.2 Å². The van der Waals surface area contributed by atoms with Gasteiger partial charge in [0.25, 0.3) is 0 Å². The van der Waals surface area contributed by atoms with Gasteiger partial charge < -0.3 is 5.11 Å². The van der Waals surface area contributed by atoms with Crippen molar-refractivity contribution >= 4 is 23.4 Å². The number of benzene rings is 1. The predicted octanol–water partition coefficient (Wildman–Crippen LogP) is 2.83. The molecule has 0 aliphatic heterocycles. The SMILES string of the molecule is O=C(O)/C=C/c1cnc(Cc2ccccc2)s1. The maximum absolute atomic E-state index is 10.4. The molecule has 4 heteroatoms. The van der Waals surface area contributed by atoms with Crippen molar-refractivity contribution in [3.05, 3.63) is 58.1 Å². The lowest BCUT2D eigenvalue weighted by Gasteiger charge is -1.95. The van der Waals surface area contributed by atoms with Crippen molar-refractivity contribution in [1.82, 2.24) is 4.98 Å². The Morgan fingerprint density at radius 1 is 1.35 bits per heavy atom. The Labute approximate surface area is 103 Å². The maximum Gasteiger partial charge on any atom is 0.328 e. The maximum atomic E-state index is 10.4. The highest BCUT2D eigenvalue weighted by molar-refractivity contribution is 7.12. The van der Waals surface area contributed by atoms with E-state index in [1.807, 2.05) is 30.3 Å². The second-order valence-corrected chi connectivity index (χ2v) is 4.64. The highest BCUT2D eigenvalue weighted by atomic mass is 32.1. The normalized spacial score (nSPS) is 10.8. The molecule has 0 atom stereocenters. The molecule has 1 N–H and O–H groups in total. The summed E-state index contributed by atoms with van der Waals surface area (Å²) < 4.78 is 0.